The number of carbonyl (C=O) groups excluding carboxylic acids is 1. The van der Waals surface area contributed by atoms with Crippen LogP contribution in [0.1, 0.15) is 5.56 Å². The van der Waals surface area contributed by atoms with Crippen LogP contribution >= 0.6 is 24.0 Å². The molecule has 0 atom stereocenters. The zero-order chi connectivity index (χ0) is 17.1. The maximum Gasteiger partial charge on any atom is 0.270 e. The Labute approximate surface area is 150 Å². The zero-order valence-electron chi connectivity index (χ0n) is 13.2. The van der Waals surface area contributed by atoms with Crippen LogP contribution in [0.5, 0.6) is 11.5 Å². The summed E-state index contributed by atoms with van der Waals surface area (Å²) in [5.74, 6) is 1.14. The van der Waals surface area contributed by atoms with Crippen LogP contribution in [0.2, 0.25) is 0 Å². The van der Waals surface area contributed by atoms with Crippen molar-refractivity contribution in [1.29, 1.82) is 0 Å². The normalized spacial score (nSPS) is 15.9. The fraction of sp³-hybridized carbons (Fsp3) is 0.111. The van der Waals surface area contributed by atoms with Crippen molar-refractivity contribution in [2.45, 2.75) is 0 Å². The van der Waals surface area contributed by atoms with E-state index in [0.717, 1.165) is 11.3 Å². The van der Waals surface area contributed by atoms with E-state index < -0.39 is 0 Å². The summed E-state index contributed by atoms with van der Waals surface area (Å²) in [6.45, 7) is 0. The van der Waals surface area contributed by atoms with Gasteiger partial charge in [0.05, 0.1) is 24.8 Å². The Morgan fingerprint density at radius 1 is 1.04 bits per heavy atom. The number of thiocarbonyl (C=S) groups is 1. The molecular weight excluding hydrogens is 342 g/mol. The molecule has 6 heteroatoms. The van der Waals surface area contributed by atoms with Gasteiger partial charge >= 0.3 is 0 Å². The number of para-hydroxylation sites is 1. The predicted molar refractivity (Wildman–Crippen MR) is 102 cm³/mol. The lowest BCUT2D eigenvalue weighted by Gasteiger charge is -2.13. The molecule has 0 bridgehead atoms. The van der Waals surface area contributed by atoms with Crippen molar-refractivity contribution in [3.05, 3.63) is 59.0 Å². The number of thioether (sulfide) groups is 1. The lowest BCUT2D eigenvalue weighted by Crippen LogP contribution is -2.27. The number of rotatable bonds is 4. The van der Waals surface area contributed by atoms with E-state index in [1.54, 1.807) is 19.1 Å². The highest BCUT2D eigenvalue weighted by Gasteiger charge is 2.33. The fourth-order valence-electron chi connectivity index (χ4n) is 2.36. The Balaban J connectivity index is 1.92. The van der Waals surface area contributed by atoms with Gasteiger partial charge in [0.25, 0.3) is 5.91 Å². The van der Waals surface area contributed by atoms with Gasteiger partial charge in [0.1, 0.15) is 0 Å². The van der Waals surface area contributed by atoms with Gasteiger partial charge in [0.15, 0.2) is 15.8 Å². The zero-order valence-corrected chi connectivity index (χ0v) is 14.8. The number of hydrogen-bond acceptors (Lipinski definition) is 5. The second-order valence-corrected chi connectivity index (χ2v) is 6.64. The summed E-state index contributed by atoms with van der Waals surface area (Å²) in [5.41, 5.74) is 1.62. The van der Waals surface area contributed by atoms with Gasteiger partial charge in [-0.15, -0.1) is 0 Å². The molecule has 0 saturated carbocycles. The Bertz CT molecular complexity index is 818. The van der Waals surface area contributed by atoms with E-state index in [4.69, 9.17) is 21.7 Å². The first-order valence-electron chi connectivity index (χ1n) is 7.19. The average Bonchev–Trinajstić information content (AvgIpc) is 2.89. The molecule has 0 spiro atoms. The first-order chi connectivity index (χ1) is 11.6. The van der Waals surface area contributed by atoms with E-state index >= 15 is 0 Å². The average molecular weight is 357 g/mol. The van der Waals surface area contributed by atoms with Gasteiger partial charge in [0, 0.05) is 0 Å². The third kappa shape index (κ3) is 3.16. The molecule has 0 radical (unpaired) electrons. The number of methoxy groups -OCH3 is 2. The quantitative estimate of drug-likeness (QED) is 0.608. The van der Waals surface area contributed by atoms with Gasteiger partial charge < -0.3 is 9.47 Å². The van der Waals surface area contributed by atoms with Crippen LogP contribution in [0.25, 0.3) is 6.08 Å². The molecule has 2 aromatic carbocycles. The number of hydrogen-bond donors (Lipinski definition) is 0. The highest BCUT2D eigenvalue weighted by molar-refractivity contribution is 8.27. The second kappa shape index (κ2) is 7.07. The molecule has 0 unspecified atom stereocenters. The minimum atomic E-state index is -0.119. The van der Waals surface area contributed by atoms with E-state index in [2.05, 4.69) is 0 Å². The van der Waals surface area contributed by atoms with Crippen molar-refractivity contribution in [2.75, 3.05) is 19.1 Å². The summed E-state index contributed by atoms with van der Waals surface area (Å²) in [6.07, 6.45) is 1.81. The largest absolute Gasteiger partial charge is 0.493 e. The van der Waals surface area contributed by atoms with Crippen LogP contribution < -0.4 is 14.4 Å². The van der Waals surface area contributed by atoms with Gasteiger partial charge in [-0.25, -0.2) is 0 Å². The van der Waals surface area contributed by atoms with Crippen molar-refractivity contribution in [3.8, 4) is 11.5 Å². The van der Waals surface area contributed by atoms with Crippen LogP contribution in [-0.2, 0) is 4.79 Å². The molecule has 2 aromatic rings. The Kier molecular flexibility index (Phi) is 4.87. The van der Waals surface area contributed by atoms with Crippen LogP contribution in [0.15, 0.2) is 53.4 Å². The van der Waals surface area contributed by atoms with Crippen molar-refractivity contribution < 1.29 is 14.3 Å². The third-order valence-electron chi connectivity index (χ3n) is 3.51. The highest BCUT2D eigenvalue weighted by atomic mass is 32.2. The maximum absolute atomic E-state index is 12.7. The Morgan fingerprint density at radius 2 is 1.75 bits per heavy atom. The van der Waals surface area contributed by atoms with Crippen LogP contribution in [0, 0.1) is 0 Å². The minimum Gasteiger partial charge on any atom is -0.493 e. The first kappa shape index (κ1) is 16.5. The van der Waals surface area contributed by atoms with Crippen molar-refractivity contribution >= 4 is 46.0 Å². The van der Waals surface area contributed by atoms with E-state index in [-0.39, 0.29) is 5.91 Å². The minimum absolute atomic E-state index is 0.119. The van der Waals surface area contributed by atoms with Crippen LogP contribution in [-0.4, -0.2) is 24.4 Å². The van der Waals surface area contributed by atoms with Crippen molar-refractivity contribution in [2.24, 2.45) is 0 Å². The molecule has 1 aliphatic rings. The van der Waals surface area contributed by atoms with Crippen molar-refractivity contribution in [1.82, 2.24) is 0 Å². The van der Waals surface area contributed by atoms with E-state index in [1.165, 1.54) is 11.8 Å². The summed E-state index contributed by atoms with van der Waals surface area (Å²) in [5, 5.41) is 0. The van der Waals surface area contributed by atoms with Gasteiger partial charge in [-0.1, -0.05) is 48.2 Å². The summed E-state index contributed by atoms with van der Waals surface area (Å²) >= 11 is 6.66. The smallest absolute Gasteiger partial charge is 0.270 e. The SMILES string of the molecule is COc1ccc(/C=C2/SC(=S)N(c3ccccc3)C2=O)cc1OC. The lowest BCUT2D eigenvalue weighted by molar-refractivity contribution is -0.113. The van der Waals surface area contributed by atoms with Gasteiger partial charge in [0.2, 0.25) is 0 Å². The van der Waals surface area contributed by atoms with Crippen LogP contribution in [0.4, 0.5) is 5.69 Å². The second-order valence-electron chi connectivity index (χ2n) is 4.97. The van der Waals surface area contributed by atoms with Gasteiger partial charge in [-0.3, -0.25) is 9.69 Å². The molecule has 1 saturated heterocycles. The molecule has 4 nitrogen and oxygen atoms in total. The standard InChI is InChI=1S/C18H15NO3S2/c1-21-14-9-8-12(10-15(14)22-2)11-16-17(20)19(18(23)24-16)13-6-4-3-5-7-13/h3-11H,1-2H3/b16-11+. The maximum atomic E-state index is 12.7. The number of anilines is 1. The van der Waals surface area contributed by atoms with Crippen LogP contribution in [0.3, 0.4) is 0 Å². The van der Waals surface area contributed by atoms with Crippen molar-refractivity contribution in [3.63, 3.8) is 0 Å². The molecule has 0 aliphatic carbocycles. The molecule has 3 rings (SSSR count). The predicted octanol–water partition coefficient (Wildman–Crippen LogP) is 4.11. The molecule has 122 valence electrons. The van der Waals surface area contributed by atoms with E-state index in [1.807, 2.05) is 54.6 Å². The number of ether oxygens (including phenoxy) is 2. The lowest BCUT2D eigenvalue weighted by atomic mass is 10.2. The summed E-state index contributed by atoms with van der Waals surface area (Å²) in [6, 6.07) is 14.9. The first-order valence-corrected chi connectivity index (χ1v) is 8.41. The Morgan fingerprint density at radius 3 is 2.42 bits per heavy atom. The topological polar surface area (TPSA) is 38.8 Å². The number of benzene rings is 2. The summed E-state index contributed by atoms with van der Waals surface area (Å²) in [4.78, 5) is 14.8. The molecule has 1 heterocycles. The molecule has 1 amide bonds. The number of amides is 1. The third-order valence-corrected chi connectivity index (χ3v) is 4.82. The molecular formula is C18H15NO3S2. The molecule has 0 aromatic heterocycles. The van der Waals surface area contributed by atoms with E-state index in [0.29, 0.717) is 20.7 Å². The Hall–Kier alpha value is -2.31. The number of nitrogens with zero attached hydrogens (tertiary/aromatic N) is 1. The number of carbonyl (C=O) groups is 1. The molecule has 0 N–H and O–H groups in total. The fourth-order valence-corrected chi connectivity index (χ4v) is 3.66. The molecule has 1 fully saturated rings. The van der Waals surface area contributed by atoms with E-state index in [9.17, 15) is 4.79 Å². The molecule has 1 aliphatic heterocycles. The van der Waals surface area contributed by atoms with Gasteiger partial charge in [-0.05, 0) is 35.9 Å². The highest BCUT2D eigenvalue weighted by Crippen LogP contribution is 2.37. The monoisotopic (exact) mass is 357 g/mol. The summed E-state index contributed by atoms with van der Waals surface area (Å²) in [7, 11) is 3.17. The molecule has 24 heavy (non-hydrogen) atoms. The van der Waals surface area contributed by atoms with Gasteiger partial charge in [-0.2, -0.15) is 0 Å². The summed E-state index contributed by atoms with van der Waals surface area (Å²) < 4.78 is 11.1.